The number of ether oxygens (including phenoxy) is 1. The molecule has 3 heterocycles. The predicted molar refractivity (Wildman–Crippen MR) is 118 cm³/mol. The first kappa shape index (κ1) is 20.5. The Morgan fingerprint density at radius 3 is 2.59 bits per heavy atom. The molecule has 1 fully saturated rings. The SMILES string of the molecule is COCC(=O)N1CCN(c2nc(C)nc3sc4c(c23)CCC(C(C)(C)C)C4)CC1. The first-order valence-electron chi connectivity index (χ1n) is 10.6. The van der Waals surface area contributed by atoms with Gasteiger partial charge in [-0.3, -0.25) is 4.79 Å². The Bertz CT molecular complexity index is 910. The van der Waals surface area contributed by atoms with Crippen LogP contribution in [0.1, 0.15) is 43.5 Å². The summed E-state index contributed by atoms with van der Waals surface area (Å²) in [6, 6.07) is 0. The Labute approximate surface area is 177 Å². The van der Waals surface area contributed by atoms with Gasteiger partial charge in [-0.1, -0.05) is 20.8 Å². The summed E-state index contributed by atoms with van der Waals surface area (Å²) in [5, 5.41) is 1.26. The number of amides is 1. The molecule has 1 aliphatic heterocycles. The standard InChI is InChI=1S/C22H32N4O2S/c1-14-23-20(26-10-8-25(9-11-26)18(27)13-28-5)19-16-7-6-15(22(2,3)4)12-17(16)29-21(19)24-14/h15H,6-13H2,1-5H3. The van der Waals surface area contributed by atoms with Gasteiger partial charge in [0.15, 0.2) is 0 Å². The highest BCUT2D eigenvalue weighted by Crippen LogP contribution is 2.45. The van der Waals surface area contributed by atoms with Crippen molar-refractivity contribution < 1.29 is 9.53 Å². The van der Waals surface area contributed by atoms with Gasteiger partial charge in [0.25, 0.3) is 0 Å². The number of hydrogen-bond donors (Lipinski definition) is 0. The zero-order valence-corrected chi connectivity index (χ0v) is 19.1. The lowest BCUT2D eigenvalue weighted by atomic mass is 9.72. The van der Waals surface area contributed by atoms with Crippen LogP contribution in [0.5, 0.6) is 0 Å². The minimum Gasteiger partial charge on any atom is -0.375 e. The third kappa shape index (κ3) is 3.99. The van der Waals surface area contributed by atoms with Crippen molar-refractivity contribution in [1.82, 2.24) is 14.9 Å². The summed E-state index contributed by atoms with van der Waals surface area (Å²) in [7, 11) is 1.57. The number of thiophene rings is 1. The number of aryl methyl sites for hydroxylation is 2. The lowest BCUT2D eigenvalue weighted by Gasteiger charge is -2.36. The number of hydrogen-bond acceptors (Lipinski definition) is 6. The van der Waals surface area contributed by atoms with E-state index in [2.05, 4.69) is 25.7 Å². The lowest BCUT2D eigenvalue weighted by molar-refractivity contribution is -0.135. The van der Waals surface area contributed by atoms with Gasteiger partial charge in [0.05, 0.1) is 5.39 Å². The molecule has 0 aromatic carbocycles. The lowest BCUT2D eigenvalue weighted by Crippen LogP contribution is -2.50. The van der Waals surface area contributed by atoms with Crippen LogP contribution in [-0.4, -0.2) is 60.7 Å². The second-order valence-corrected chi connectivity index (χ2v) is 10.5. The molecule has 1 atom stereocenters. The van der Waals surface area contributed by atoms with Crippen molar-refractivity contribution in [3.8, 4) is 0 Å². The topological polar surface area (TPSA) is 58.6 Å². The molecule has 0 N–H and O–H groups in total. The van der Waals surface area contributed by atoms with Gasteiger partial charge in [-0.25, -0.2) is 9.97 Å². The summed E-state index contributed by atoms with van der Waals surface area (Å²) in [4.78, 5) is 28.7. The predicted octanol–water partition coefficient (Wildman–Crippen LogP) is 3.45. The van der Waals surface area contributed by atoms with Crippen molar-refractivity contribution >= 4 is 33.3 Å². The van der Waals surface area contributed by atoms with Crippen molar-refractivity contribution in [2.75, 3.05) is 44.8 Å². The zero-order valence-electron chi connectivity index (χ0n) is 18.2. The van der Waals surface area contributed by atoms with E-state index in [0.717, 1.165) is 48.3 Å². The van der Waals surface area contributed by atoms with Gasteiger partial charge in [0, 0.05) is 38.2 Å². The maximum Gasteiger partial charge on any atom is 0.248 e. The van der Waals surface area contributed by atoms with Crippen LogP contribution in [-0.2, 0) is 22.4 Å². The van der Waals surface area contributed by atoms with Crippen LogP contribution in [0.15, 0.2) is 0 Å². The Kier molecular flexibility index (Phi) is 5.55. The van der Waals surface area contributed by atoms with E-state index in [1.807, 2.05) is 23.2 Å². The number of piperazine rings is 1. The smallest absolute Gasteiger partial charge is 0.248 e. The number of fused-ring (bicyclic) bond motifs is 3. The van der Waals surface area contributed by atoms with E-state index in [0.29, 0.717) is 18.5 Å². The summed E-state index contributed by atoms with van der Waals surface area (Å²) < 4.78 is 5.00. The normalized spacial score (nSPS) is 20.2. The summed E-state index contributed by atoms with van der Waals surface area (Å²) in [6.07, 6.45) is 3.50. The molecule has 7 heteroatoms. The highest BCUT2D eigenvalue weighted by Gasteiger charge is 2.33. The van der Waals surface area contributed by atoms with Gasteiger partial charge in [0.2, 0.25) is 5.91 Å². The monoisotopic (exact) mass is 416 g/mol. The average Bonchev–Trinajstić information content (AvgIpc) is 3.04. The molecule has 2 aromatic rings. The average molecular weight is 417 g/mol. The van der Waals surface area contributed by atoms with E-state index in [9.17, 15) is 4.79 Å². The van der Waals surface area contributed by atoms with Crippen LogP contribution < -0.4 is 4.90 Å². The summed E-state index contributed by atoms with van der Waals surface area (Å²) in [5.74, 6) is 2.68. The van der Waals surface area contributed by atoms with Gasteiger partial charge in [0.1, 0.15) is 23.1 Å². The van der Waals surface area contributed by atoms with Gasteiger partial charge in [-0.15, -0.1) is 11.3 Å². The third-order valence-electron chi connectivity index (χ3n) is 6.43. The van der Waals surface area contributed by atoms with E-state index in [1.54, 1.807) is 7.11 Å². The minimum absolute atomic E-state index is 0.0669. The van der Waals surface area contributed by atoms with Crippen LogP contribution in [0.4, 0.5) is 5.82 Å². The minimum atomic E-state index is 0.0669. The highest BCUT2D eigenvalue weighted by atomic mass is 32.1. The van der Waals surface area contributed by atoms with Crippen LogP contribution in [0.3, 0.4) is 0 Å². The summed E-state index contributed by atoms with van der Waals surface area (Å²) in [5.41, 5.74) is 1.81. The number of nitrogens with zero attached hydrogens (tertiary/aromatic N) is 4. The van der Waals surface area contributed by atoms with Crippen LogP contribution >= 0.6 is 11.3 Å². The number of carbonyl (C=O) groups excluding carboxylic acids is 1. The van der Waals surface area contributed by atoms with Crippen molar-refractivity contribution in [1.29, 1.82) is 0 Å². The fraction of sp³-hybridized carbons (Fsp3) is 0.682. The van der Waals surface area contributed by atoms with Crippen molar-refractivity contribution in [3.05, 3.63) is 16.3 Å². The van der Waals surface area contributed by atoms with Gasteiger partial charge in [-0.05, 0) is 43.1 Å². The molecule has 2 aliphatic rings. The molecule has 0 saturated carbocycles. The number of anilines is 1. The molecule has 1 aliphatic carbocycles. The molecular formula is C22H32N4O2S. The maximum atomic E-state index is 12.1. The molecule has 158 valence electrons. The largest absolute Gasteiger partial charge is 0.375 e. The number of aromatic nitrogens is 2. The Morgan fingerprint density at radius 1 is 1.21 bits per heavy atom. The van der Waals surface area contributed by atoms with E-state index < -0.39 is 0 Å². The Morgan fingerprint density at radius 2 is 1.93 bits per heavy atom. The second kappa shape index (κ2) is 7.84. The van der Waals surface area contributed by atoms with Gasteiger partial charge >= 0.3 is 0 Å². The molecule has 2 aromatic heterocycles. The molecule has 1 unspecified atom stereocenters. The fourth-order valence-electron chi connectivity index (χ4n) is 4.61. The number of methoxy groups -OCH3 is 1. The van der Waals surface area contributed by atoms with Crippen LogP contribution in [0.25, 0.3) is 10.2 Å². The van der Waals surface area contributed by atoms with E-state index in [1.165, 1.54) is 22.2 Å². The molecule has 1 saturated heterocycles. The second-order valence-electron chi connectivity index (χ2n) is 9.38. The quantitative estimate of drug-likeness (QED) is 0.767. The van der Waals surface area contributed by atoms with E-state index in [4.69, 9.17) is 14.7 Å². The maximum absolute atomic E-state index is 12.1. The third-order valence-corrected chi connectivity index (χ3v) is 7.57. The van der Waals surface area contributed by atoms with E-state index in [-0.39, 0.29) is 12.5 Å². The molecule has 29 heavy (non-hydrogen) atoms. The molecule has 4 rings (SSSR count). The van der Waals surface area contributed by atoms with Crippen LogP contribution in [0.2, 0.25) is 0 Å². The van der Waals surface area contributed by atoms with Crippen LogP contribution in [0, 0.1) is 18.3 Å². The molecule has 6 nitrogen and oxygen atoms in total. The summed E-state index contributed by atoms with van der Waals surface area (Å²) in [6.45, 7) is 12.2. The molecule has 0 bridgehead atoms. The summed E-state index contributed by atoms with van der Waals surface area (Å²) >= 11 is 1.87. The molecule has 0 spiro atoms. The van der Waals surface area contributed by atoms with Gasteiger partial charge in [-0.2, -0.15) is 0 Å². The van der Waals surface area contributed by atoms with Crippen molar-refractivity contribution in [3.63, 3.8) is 0 Å². The Balaban J connectivity index is 1.63. The first-order valence-corrected chi connectivity index (χ1v) is 11.4. The molecular weight excluding hydrogens is 384 g/mol. The zero-order chi connectivity index (χ0) is 20.8. The fourth-order valence-corrected chi connectivity index (χ4v) is 5.95. The molecule has 1 amide bonds. The van der Waals surface area contributed by atoms with Crippen molar-refractivity contribution in [2.24, 2.45) is 11.3 Å². The highest BCUT2D eigenvalue weighted by molar-refractivity contribution is 7.19. The Hall–Kier alpha value is -1.73. The molecule has 0 radical (unpaired) electrons. The number of carbonyl (C=O) groups is 1. The van der Waals surface area contributed by atoms with E-state index >= 15 is 0 Å². The van der Waals surface area contributed by atoms with Crippen molar-refractivity contribution in [2.45, 2.75) is 47.0 Å². The number of rotatable bonds is 3. The van der Waals surface area contributed by atoms with Gasteiger partial charge < -0.3 is 14.5 Å². The first-order chi connectivity index (χ1) is 13.8.